The Labute approximate surface area is 250 Å². The molecule has 0 amide bonds. The smallest absolute Gasteiger partial charge is 0.234 e. The predicted octanol–water partition coefficient (Wildman–Crippen LogP) is 11.8. The highest BCUT2D eigenvalue weighted by Crippen LogP contribution is 2.15. The number of hydrogen-bond acceptors (Lipinski definition) is 0. The first kappa shape index (κ1) is 34.6. The van der Waals surface area contributed by atoms with Crippen LogP contribution in [-0.2, 0) is 19.5 Å². The van der Waals surface area contributed by atoms with Gasteiger partial charge in [-0.25, -0.2) is 9.13 Å². The van der Waals surface area contributed by atoms with Gasteiger partial charge in [-0.2, -0.15) is 0 Å². The Kier molecular flexibility index (Phi) is 21.8. The second kappa shape index (κ2) is 25.2. The lowest BCUT2D eigenvalue weighted by Gasteiger charge is -2.07. The second-order valence-electron chi connectivity index (χ2n) is 12.5. The van der Waals surface area contributed by atoms with E-state index in [0.29, 0.717) is 0 Å². The summed E-state index contributed by atoms with van der Waals surface area (Å²) in [6.07, 6.45) is 39.8. The van der Waals surface area contributed by atoms with Crippen LogP contribution in [0, 0.1) is 0 Å². The molecule has 1 heterocycles. The van der Waals surface area contributed by atoms with Crippen LogP contribution in [0.4, 0.5) is 0 Å². The number of nitrogens with zero attached hydrogens (tertiary/aromatic N) is 2. The first-order valence-corrected chi connectivity index (χ1v) is 18.0. The van der Waals surface area contributed by atoms with E-state index >= 15 is 0 Å². The highest BCUT2D eigenvalue weighted by Gasteiger charge is 2.17. The van der Waals surface area contributed by atoms with E-state index in [4.69, 9.17) is 0 Å². The van der Waals surface area contributed by atoms with Gasteiger partial charge in [-0.15, -0.1) is 0 Å². The molecule has 1 aromatic heterocycles. The van der Waals surface area contributed by atoms with Gasteiger partial charge in [0.1, 0.15) is 12.4 Å². The molecule has 0 radical (unpaired) electrons. The number of hydrogen-bond donors (Lipinski definition) is 0. The van der Waals surface area contributed by atoms with Gasteiger partial charge in [-0.05, 0) is 31.2 Å². The third kappa shape index (κ3) is 17.3. The van der Waals surface area contributed by atoms with Crippen molar-refractivity contribution < 1.29 is 4.57 Å². The van der Waals surface area contributed by atoms with Gasteiger partial charge in [0.25, 0.3) is 5.82 Å². The van der Waals surface area contributed by atoms with Crippen LogP contribution in [0.15, 0.2) is 42.7 Å². The van der Waals surface area contributed by atoms with Gasteiger partial charge in [0.05, 0.1) is 19.5 Å². The Morgan fingerprint density at radius 2 is 0.925 bits per heavy atom. The van der Waals surface area contributed by atoms with Crippen LogP contribution in [0.25, 0.3) is 0 Å². The van der Waals surface area contributed by atoms with Crippen LogP contribution in [-0.4, -0.2) is 4.57 Å². The lowest BCUT2D eigenvalue weighted by molar-refractivity contribution is -0.703. The molecule has 2 aromatic rings. The monoisotopic (exact) mass is 552 g/mol. The normalized spacial score (nSPS) is 11.4. The van der Waals surface area contributed by atoms with Crippen molar-refractivity contribution in [1.29, 1.82) is 0 Å². The molecule has 40 heavy (non-hydrogen) atoms. The summed E-state index contributed by atoms with van der Waals surface area (Å²) < 4.78 is 5.12. The van der Waals surface area contributed by atoms with Crippen molar-refractivity contribution in [2.75, 3.05) is 0 Å². The largest absolute Gasteiger partial charge is 0.260 e. The van der Waals surface area contributed by atoms with Crippen molar-refractivity contribution in [3.05, 3.63) is 54.1 Å². The number of benzene rings is 1. The summed E-state index contributed by atoms with van der Waals surface area (Å²) in [6.45, 7) is 6.95. The first-order chi connectivity index (χ1) is 19.8. The van der Waals surface area contributed by atoms with Crippen LogP contribution < -0.4 is 4.57 Å². The summed E-state index contributed by atoms with van der Waals surface area (Å²) in [7, 11) is 0. The maximum Gasteiger partial charge on any atom is 0.260 e. The Morgan fingerprint density at radius 3 is 1.40 bits per heavy atom. The van der Waals surface area contributed by atoms with Gasteiger partial charge >= 0.3 is 0 Å². The third-order valence-corrected chi connectivity index (χ3v) is 8.80. The highest BCUT2D eigenvalue weighted by molar-refractivity contribution is 5.18. The summed E-state index contributed by atoms with van der Waals surface area (Å²) in [5.41, 5.74) is 1.43. The molecule has 1 aromatic carbocycles. The zero-order valence-electron chi connectivity index (χ0n) is 27.0. The maximum absolute atomic E-state index is 2.56. The van der Waals surface area contributed by atoms with Gasteiger partial charge in [0.2, 0.25) is 0 Å². The van der Waals surface area contributed by atoms with Crippen LogP contribution in [0.2, 0.25) is 0 Å². The number of aryl methyl sites for hydroxylation is 2. The van der Waals surface area contributed by atoms with Gasteiger partial charge < -0.3 is 0 Å². The first-order valence-electron chi connectivity index (χ1n) is 18.0. The number of aromatic nitrogens is 2. The molecular formula is C38H67N2+. The summed E-state index contributed by atoms with van der Waals surface area (Å²) >= 11 is 0. The van der Waals surface area contributed by atoms with E-state index in [1.807, 2.05) is 0 Å². The minimum atomic E-state index is 1.05. The Morgan fingerprint density at radius 1 is 0.500 bits per heavy atom. The van der Waals surface area contributed by atoms with Gasteiger partial charge in [0, 0.05) is 0 Å². The third-order valence-electron chi connectivity index (χ3n) is 8.80. The standard InChI is InChI=1S/C38H67N2/c1-3-5-7-9-11-13-15-16-17-18-20-22-24-29-33-40-35-34-39(38(40)36-37-30-26-25-27-31-37)32-28-23-21-19-14-12-10-8-6-4-2/h25-27,30-31,34-35H,3-24,28-29,32-33,36H2,1-2H3/q+1. The fourth-order valence-electron chi connectivity index (χ4n) is 6.13. The predicted molar refractivity (Wildman–Crippen MR) is 176 cm³/mol. The van der Waals surface area contributed by atoms with Crippen LogP contribution in [0.3, 0.4) is 0 Å². The molecule has 0 unspecified atom stereocenters. The van der Waals surface area contributed by atoms with Crippen LogP contribution in [0.5, 0.6) is 0 Å². The summed E-state index contributed by atoms with van der Waals surface area (Å²) in [5, 5.41) is 0. The molecule has 2 heteroatoms. The van der Waals surface area contributed by atoms with Crippen molar-refractivity contribution >= 4 is 0 Å². The van der Waals surface area contributed by atoms with E-state index in [1.165, 1.54) is 179 Å². The molecule has 0 fully saturated rings. The molecule has 0 N–H and O–H groups in total. The lowest BCUT2D eigenvalue weighted by atomic mass is 10.0. The molecule has 0 aliphatic carbocycles. The molecule has 0 saturated carbocycles. The van der Waals surface area contributed by atoms with E-state index in [0.717, 1.165) is 6.42 Å². The number of rotatable bonds is 28. The molecule has 0 aliphatic rings. The fraction of sp³-hybridized carbons (Fsp3) is 0.763. The minimum absolute atomic E-state index is 1.05. The quantitative estimate of drug-likeness (QED) is 0.0734. The van der Waals surface area contributed by atoms with Gasteiger partial charge in [-0.3, -0.25) is 0 Å². The molecule has 0 aliphatic heterocycles. The van der Waals surface area contributed by atoms with Crippen LogP contribution >= 0.6 is 0 Å². The van der Waals surface area contributed by atoms with Gasteiger partial charge in [0.15, 0.2) is 0 Å². The Bertz CT molecular complexity index is 793. The SMILES string of the molecule is CCCCCCCCCCCCCCCC[n+]1ccn(CCCCCCCCCCCC)c1Cc1ccccc1. The van der Waals surface area contributed by atoms with E-state index in [9.17, 15) is 0 Å². The topological polar surface area (TPSA) is 8.81 Å². The molecule has 0 bridgehead atoms. The molecule has 0 saturated heterocycles. The van der Waals surface area contributed by atoms with Crippen molar-refractivity contribution in [3.63, 3.8) is 0 Å². The van der Waals surface area contributed by atoms with E-state index in [1.54, 1.807) is 0 Å². The molecule has 2 rings (SSSR count). The average molecular weight is 552 g/mol. The summed E-state index contributed by atoms with van der Waals surface area (Å²) in [4.78, 5) is 0. The molecule has 0 atom stereocenters. The minimum Gasteiger partial charge on any atom is -0.234 e. The number of unbranched alkanes of at least 4 members (excludes halogenated alkanes) is 22. The summed E-state index contributed by atoms with van der Waals surface area (Å²) in [6, 6.07) is 11.1. The zero-order valence-corrected chi connectivity index (χ0v) is 27.0. The second-order valence-corrected chi connectivity index (χ2v) is 12.5. The molecule has 228 valence electrons. The van der Waals surface area contributed by atoms with Gasteiger partial charge in [-0.1, -0.05) is 173 Å². The van der Waals surface area contributed by atoms with E-state index < -0.39 is 0 Å². The highest BCUT2D eigenvalue weighted by atomic mass is 15.1. The summed E-state index contributed by atoms with van der Waals surface area (Å²) in [5.74, 6) is 1.50. The van der Waals surface area contributed by atoms with Crippen molar-refractivity contribution in [3.8, 4) is 0 Å². The van der Waals surface area contributed by atoms with Crippen molar-refractivity contribution in [2.45, 2.75) is 187 Å². The maximum atomic E-state index is 2.56. The van der Waals surface area contributed by atoms with E-state index in [2.05, 4.69) is 65.7 Å². The number of imidazole rings is 1. The van der Waals surface area contributed by atoms with Crippen molar-refractivity contribution in [2.24, 2.45) is 0 Å². The zero-order chi connectivity index (χ0) is 28.4. The van der Waals surface area contributed by atoms with E-state index in [-0.39, 0.29) is 0 Å². The molecular weight excluding hydrogens is 484 g/mol. The lowest BCUT2D eigenvalue weighted by Crippen LogP contribution is -2.37. The Balaban J connectivity index is 1.61. The van der Waals surface area contributed by atoms with Crippen LogP contribution in [0.1, 0.15) is 179 Å². The Hall–Kier alpha value is -1.57. The average Bonchev–Trinajstić information content (AvgIpc) is 3.35. The molecule has 0 spiro atoms. The molecule has 2 nitrogen and oxygen atoms in total. The fourth-order valence-corrected chi connectivity index (χ4v) is 6.13. The van der Waals surface area contributed by atoms with Crippen molar-refractivity contribution in [1.82, 2.24) is 4.57 Å².